The van der Waals surface area contributed by atoms with Crippen molar-refractivity contribution in [2.75, 3.05) is 0 Å². The van der Waals surface area contributed by atoms with E-state index in [1.165, 1.54) is 318 Å². The number of aryl methyl sites for hydroxylation is 4. The molecule has 0 aliphatic carbocycles. The van der Waals surface area contributed by atoms with Crippen molar-refractivity contribution in [2.24, 2.45) is 0 Å². The van der Waals surface area contributed by atoms with Crippen molar-refractivity contribution in [2.45, 2.75) is 208 Å². The van der Waals surface area contributed by atoms with Crippen LogP contribution in [0.2, 0.25) is 0 Å². The largest absolute Gasteiger partial charge is 0.340 e. The lowest BCUT2D eigenvalue weighted by Crippen LogP contribution is -1.98. The summed E-state index contributed by atoms with van der Waals surface area (Å²) >= 11 is 0. The SMILES string of the molecule is CCCCCCCCn1c2ccccc2c2cc(-c3cc(-c4ccc5c(c4)c4ccccc4n5CCCCCCCC)c4ccc5c(-c6ccc7c(c6)c6ccccc6n7CCCCCCCC)cc(-c6ccc7c(c6)c6ccccc6n7CCCCCCCC)c6ccc3c4c65)ccc21. The van der Waals surface area contributed by atoms with Gasteiger partial charge in [0.05, 0.1) is 0 Å². The minimum absolute atomic E-state index is 1.03. The quantitative estimate of drug-likeness (QED) is 0.0296. The molecule has 0 aliphatic rings. The maximum absolute atomic E-state index is 2.63. The zero-order valence-corrected chi connectivity index (χ0v) is 60.2. The number of para-hydroxylation sites is 4. The molecular formula is C96H102N4. The molecule has 16 aromatic rings. The number of fused-ring (bicyclic) bond motifs is 12. The summed E-state index contributed by atoms with van der Waals surface area (Å²) in [4.78, 5) is 0. The number of benzene rings is 12. The highest BCUT2D eigenvalue weighted by molar-refractivity contribution is 6.33. The van der Waals surface area contributed by atoms with Gasteiger partial charge < -0.3 is 18.3 Å². The molecule has 0 spiro atoms. The number of aromatic nitrogens is 4. The van der Waals surface area contributed by atoms with Gasteiger partial charge in [-0.15, -0.1) is 0 Å². The molecule has 4 heteroatoms. The molecule has 0 N–H and O–H groups in total. The molecule has 506 valence electrons. The summed E-state index contributed by atoms with van der Waals surface area (Å²) in [6.45, 7) is 13.4. The van der Waals surface area contributed by atoms with E-state index in [9.17, 15) is 0 Å². The molecule has 16 rings (SSSR count). The Hall–Kier alpha value is -9.12. The van der Waals surface area contributed by atoms with Gasteiger partial charge in [0, 0.05) is 113 Å². The van der Waals surface area contributed by atoms with Crippen LogP contribution in [0.4, 0.5) is 0 Å². The first-order valence-electron chi connectivity index (χ1n) is 39.4. The van der Waals surface area contributed by atoms with Crippen molar-refractivity contribution < 1.29 is 0 Å². The zero-order valence-electron chi connectivity index (χ0n) is 60.2. The topological polar surface area (TPSA) is 19.7 Å². The van der Waals surface area contributed by atoms with Gasteiger partial charge in [-0.2, -0.15) is 0 Å². The van der Waals surface area contributed by atoms with Crippen LogP contribution in [0, 0.1) is 0 Å². The normalized spacial score (nSPS) is 12.3. The predicted molar refractivity (Wildman–Crippen MR) is 437 cm³/mol. The summed E-state index contributed by atoms with van der Waals surface area (Å²) < 4.78 is 10.5. The molecule has 0 radical (unpaired) electrons. The minimum atomic E-state index is 1.03. The van der Waals surface area contributed by atoms with Gasteiger partial charge in [-0.05, 0) is 187 Å². The number of nitrogens with zero attached hydrogens (tertiary/aromatic N) is 4. The van der Waals surface area contributed by atoms with Crippen LogP contribution < -0.4 is 0 Å². The Kier molecular flexibility index (Phi) is 19.4. The fraction of sp³-hybridized carbons (Fsp3) is 0.333. The third kappa shape index (κ3) is 12.2. The van der Waals surface area contributed by atoms with E-state index in [2.05, 4.69) is 252 Å². The smallest absolute Gasteiger partial charge is 0.0491 e. The number of hydrogen-bond donors (Lipinski definition) is 0. The van der Waals surface area contributed by atoms with Crippen LogP contribution in [0.3, 0.4) is 0 Å². The summed E-state index contributed by atoms with van der Waals surface area (Å²) in [5.41, 5.74) is 20.8. The lowest BCUT2D eigenvalue weighted by atomic mass is 9.81. The van der Waals surface area contributed by atoms with Gasteiger partial charge in [0.2, 0.25) is 0 Å². The fourth-order valence-electron chi connectivity index (χ4n) is 18.0. The van der Waals surface area contributed by atoms with E-state index in [1.807, 2.05) is 0 Å². The first kappa shape index (κ1) is 65.5. The highest BCUT2D eigenvalue weighted by Gasteiger charge is 2.25. The van der Waals surface area contributed by atoms with Gasteiger partial charge in [-0.3, -0.25) is 0 Å². The first-order valence-corrected chi connectivity index (χ1v) is 39.4. The Morgan fingerprint density at radius 3 is 0.630 bits per heavy atom. The molecule has 0 saturated heterocycles. The monoisotopic (exact) mass is 1310 g/mol. The lowest BCUT2D eigenvalue weighted by Gasteiger charge is -2.22. The van der Waals surface area contributed by atoms with Crippen molar-refractivity contribution in [1.82, 2.24) is 18.3 Å². The number of unbranched alkanes of at least 4 members (excludes halogenated alkanes) is 20. The molecule has 0 atom stereocenters. The summed E-state index contributed by atoms with van der Waals surface area (Å²) in [5.74, 6) is 0. The van der Waals surface area contributed by atoms with E-state index in [0.717, 1.165) is 26.2 Å². The standard InChI is InChI=1S/C96H102N4/c1-5-9-13-17-21-33-57-97-87-41-29-25-37-71(87)83-61-67(45-53-91(83)97)79-65-80(68-46-54-92-84(62-68)72-38-26-30-42-88(72)98(92)58-34-22-18-14-10-6-2)76-51-52-78-82(70-48-56-94-86(64-70)74-40-28-32-44-90(74)100(94)60-36-24-20-16-12-8-4)66-81(77-50-49-75(79)95(76)96(77)78)69-47-55-93-85(63-69)73-39-27-31-43-89(73)99(93)59-35-23-19-15-11-7-3/h25-32,37-56,61-66H,5-24,33-36,57-60H2,1-4H3. The molecule has 0 aliphatic heterocycles. The number of hydrogen-bond acceptors (Lipinski definition) is 0. The predicted octanol–water partition coefficient (Wildman–Crippen LogP) is 29.1. The zero-order chi connectivity index (χ0) is 67.5. The van der Waals surface area contributed by atoms with Crippen molar-refractivity contribution in [1.29, 1.82) is 0 Å². The first-order chi connectivity index (χ1) is 49.5. The summed E-state index contributed by atoms with van der Waals surface area (Å²) in [6, 6.07) is 81.9. The fourth-order valence-corrected chi connectivity index (χ4v) is 18.0. The molecule has 12 aromatic carbocycles. The Morgan fingerprint density at radius 2 is 0.390 bits per heavy atom. The summed E-state index contributed by atoms with van der Waals surface area (Å²) in [6.07, 6.45) is 30.8. The van der Waals surface area contributed by atoms with Gasteiger partial charge in [0.1, 0.15) is 0 Å². The highest BCUT2D eigenvalue weighted by Crippen LogP contribution is 2.51. The number of rotatable bonds is 32. The van der Waals surface area contributed by atoms with Crippen molar-refractivity contribution in [3.63, 3.8) is 0 Å². The van der Waals surface area contributed by atoms with E-state index < -0.39 is 0 Å². The Labute approximate surface area is 592 Å². The van der Waals surface area contributed by atoms with E-state index in [0.29, 0.717) is 0 Å². The van der Waals surface area contributed by atoms with Gasteiger partial charge in [0.15, 0.2) is 0 Å². The lowest BCUT2D eigenvalue weighted by molar-refractivity contribution is 0.571. The van der Waals surface area contributed by atoms with Crippen molar-refractivity contribution in [3.8, 4) is 44.5 Å². The van der Waals surface area contributed by atoms with E-state index >= 15 is 0 Å². The summed E-state index contributed by atoms with van der Waals surface area (Å²) in [5, 5.41) is 18.6. The Balaban J connectivity index is 0.928. The second kappa shape index (κ2) is 29.6. The summed E-state index contributed by atoms with van der Waals surface area (Å²) in [7, 11) is 0. The Morgan fingerprint density at radius 1 is 0.180 bits per heavy atom. The average Bonchev–Trinajstić information content (AvgIpc) is 1.10. The maximum Gasteiger partial charge on any atom is 0.0491 e. The van der Waals surface area contributed by atoms with Gasteiger partial charge in [-0.25, -0.2) is 0 Å². The highest BCUT2D eigenvalue weighted by atomic mass is 15.0. The molecule has 4 nitrogen and oxygen atoms in total. The van der Waals surface area contributed by atoms with E-state index in [4.69, 9.17) is 0 Å². The molecule has 0 amide bonds. The molecular weight excluding hydrogens is 1210 g/mol. The molecule has 4 aromatic heterocycles. The third-order valence-corrected chi connectivity index (χ3v) is 23.2. The van der Waals surface area contributed by atoms with Crippen molar-refractivity contribution >= 4 is 120 Å². The van der Waals surface area contributed by atoms with Crippen LogP contribution in [-0.4, -0.2) is 18.3 Å². The molecule has 0 saturated carbocycles. The van der Waals surface area contributed by atoms with Crippen LogP contribution in [0.1, 0.15) is 182 Å². The molecule has 0 fully saturated rings. The van der Waals surface area contributed by atoms with Gasteiger partial charge >= 0.3 is 0 Å². The third-order valence-electron chi connectivity index (χ3n) is 23.2. The van der Waals surface area contributed by atoms with Gasteiger partial charge in [-0.1, -0.05) is 277 Å². The molecule has 100 heavy (non-hydrogen) atoms. The van der Waals surface area contributed by atoms with E-state index in [1.54, 1.807) is 0 Å². The van der Waals surface area contributed by atoms with Crippen LogP contribution in [0.25, 0.3) is 164 Å². The van der Waals surface area contributed by atoms with Gasteiger partial charge in [0.25, 0.3) is 0 Å². The molecule has 4 heterocycles. The maximum atomic E-state index is 2.63. The second-order valence-corrected chi connectivity index (χ2v) is 29.7. The Bertz CT molecular complexity index is 4900. The minimum Gasteiger partial charge on any atom is -0.340 e. The second-order valence-electron chi connectivity index (χ2n) is 29.7. The average molecular weight is 1310 g/mol. The van der Waals surface area contributed by atoms with Crippen LogP contribution in [-0.2, 0) is 26.2 Å². The van der Waals surface area contributed by atoms with Crippen molar-refractivity contribution in [3.05, 3.63) is 206 Å². The van der Waals surface area contributed by atoms with E-state index in [-0.39, 0.29) is 0 Å². The van der Waals surface area contributed by atoms with Crippen LogP contribution in [0.15, 0.2) is 206 Å². The molecule has 0 unspecified atom stereocenters. The van der Waals surface area contributed by atoms with Crippen LogP contribution in [0.5, 0.6) is 0 Å². The van der Waals surface area contributed by atoms with Crippen LogP contribution >= 0.6 is 0 Å². The molecule has 0 bridgehead atoms.